The Morgan fingerprint density at radius 1 is 1.15 bits per heavy atom. The quantitative estimate of drug-likeness (QED) is 0.381. The Labute approximate surface area is 162 Å². The summed E-state index contributed by atoms with van der Waals surface area (Å²) in [6, 6.07) is 3.23. The Balaban J connectivity index is 2.92. The summed E-state index contributed by atoms with van der Waals surface area (Å²) in [6.45, 7) is 13.7. The van der Waals surface area contributed by atoms with Gasteiger partial charge in [-0.15, -0.1) is 0 Å². The van der Waals surface area contributed by atoms with Crippen LogP contribution in [0, 0.1) is 24.0 Å². The normalized spacial score (nSPS) is 13.0. The molecule has 0 bridgehead atoms. The highest BCUT2D eigenvalue weighted by Crippen LogP contribution is 2.33. The number of carbonyl (C=O) groups is 1. The topological polar surface area (TPSA) is 90.7 Å². The van der Waals surface area contributed by atoms with Crippen LogP contribution in [0.1, 0.15) is 57.4 Å². The maximum absolute atomic E-state index is 12.3. The largest absolute Gasteiger partial charge is 0.441 e. The van der Waals surface area contributed by atoms with Gasteiger partial charge in [0.1, 0.15) is 6.10 Å². The summed E-state index contributed by atoms with van der Waals surface area (Å²) in [5.74, 6) is 0. The highest BCUT2D eigenvalue weighted by molar-refractivity contribution is 6.76. The van der Waals surface area contributed by atoms with Gasteiger partial charge in [-0.3, -0.25) is 10.1 Å². The molecule has 0 aliphatic rings. The average Bonchev–Trinajstić information content (AvgIpc) is 2.56. The number of carbonyl (C=O) groups excluding carboxylic acids is 1. The van der Waals surface area contributed by atoms with E-state index in [9.17, 15) is 14.9 Å². The smallest absolute Gasteiger partial charge is 0.407 e. The van der Waals surface area contributed by atoms with Crippen molar-refractivity contribution in [1.82, 2.24) is 5.32 Å². The Morgan fingerprint density at radius 2 is 1.67 bits per heavy atom. The van der Waals surface area contributed by atoms with E-state index in [1.807, 2.05) is 13.8 Å². The molecule has 1 atom stereocenters. The van der Waals surface area contributed by atoms with Gasteiger partial charge in [-0.2, -0.15) is 0 Å². The van der Waals surface area contributed by atoms with E-state index < -0.39 is 25.4 Å². The summed E-state index contributed by atoms with van der Waals surface area (Å²) in [7, 11) is -0.488. The van der Waals surface area contributed by atoms with Crippen molar-refractivity contribution < 1.29 is 18.9 Å². The number of ether oxygens (including phenoxy) is 1. The predicted molar refractivity (Wildman–Crippen MR) is 108 cm³/mol. The number of rotatable bonds is 8. The molecule has 1 aromatic carbocycles. The monoisotopic (exact) mass is 396 g/mol. The molecule has 1 N–H and O–H groups in total. The number of nitro benzene ring substituents is 1. The number of alkyl carbamates (subject to hydrolysis) is 1. The van der Waals surface area contributed by atoms with Crippen molar-refractivity contribution in [2.75, 3.05) is 13.3 Å². The van der Waals surface area contributed by atoms with Crippen molar-refractivity contribution in [3.05, 3.63) is 38.9 Å². The molecule has 0 aromatic heterocycles. The van der Waals surface area contributed by atoms with Crippen molar-refractivity contribution in [3.63, 3.8) is 0 Å². The van der Waals surface area contributed by atoms with E-state index in [2.05, 4.69) is 33.0 Å². The summed E-state index contributed by atoms with van der Waals surface area (Å²) < 4.78 is 11.3. The van der Waals surface area contributed by atoms with Gasteiger partial charge in [0.2, 0.25) is 8.32 Å². The summed E-state index contributed by atoms with van der Waals surface area (Å²) >= 11 is 0. The van der Waals surface area contributed by atoms with E-state index in [0.29, 0.717) is 22.8 Å². The van der Waals surface area contributed by atoms with Gasteiger partial charge in [-0.25, -0.2) is 4.79 Å². The lowest BCUT2D eigenvalue weighted by molar-refractivity contribution is -0.386. The molecule has 1 unspecified atom stereocenters. The average molecular weight is 397 g/mol. The van der Waals surface area contributed by atoms with Gasteiger partial charge in [0.25, 0.3) is 5.69 Å². The van der Waals surface area contributed by atoms with E-state index in [0.717, 1.165) is 11.1 Å². The molecule has 8 heteroatoms. The van der Waals surface area contributed by atoms with Crippen LogP contribution in [0.25, 0.3) is 0 Å². The van der Waals surface area contributed by atoms with Crippen LogP contribution >= 0.6 is 0 Å². The first-order valence-corrected chi connectivity index (χ1v) is 11.5. The number of amides is 1. The molecular formula is C19H32N2O5Si. The van der Waals surface area contributed by atoms with Crippen molar-refractivity contribution in [3.8, 4) is 0 Å². The van der Waals surface area contributed by atoms with E-state index in [1.54, 1.807) is 20.1 Å². The van der Waals surface area contributed by atoms with Crippen LogP contribution in [0.4, 0.5) is 10.5 Å². The van der Waals surface area contributed by atoms with Gasteiger partial charge < -0.3 is 14.5 Å². The fourth-order valence-electron chi connectivity index (χ4n) is 3.40. The molecular weight excluding hydrogens is 364 g/mol. The maximum Gasteiger partial charge on any atom is 0.407 e. The SMILES string of the molecule is CO[Si](CNC(=O)OC(C)c1cc(C)c(C)cc1[N+](=O)[O-])(C(C)C)C(C)C. The third-order valence-corrected chi connectivity index (χ3v) is 10.8. The molecule has 27 heavy (non-hydrogen) atoms. The first-order valence-electron chi connectivity index (χ1n) is 9.21. The van der Waals surface area contributed by atoms with Crippen LogP contribution in [0.5, 0.6) is 0 Å². The van der Waals surface area contributed by atoms with Crippen LogP contribution < -0.4 is 5.32 Å². The minimum absolute atomic E-state index is 0.0385. The molecule has 0 radical (unpaired) electrons. The molecule has 0 aliphatic carbocycles. The highest BCUT2D eigenvalue weighted by atomic mass is 28.4. The van der Waals surface area contributed by atoms with Crippen LogP contribution in [-0.2, 0) is 9.16 Å². The first-order chi connectivity index (χ1) is 12.5. The third kappa shape index (κ3) is 5.29. The predicted octanol–water partition coefficient (Wildman–Crippen LogP) is 4.95. The molecule has 0 fully saturated rings. The van der Waals surface area contributed by atoms with Crippen LogP contribution in [0.3, 0.4) is 0 Å². The van der Waals surface area contributed by atoms with Gasteiger partial charge in [-0.05, 0) is 49.0 Å². The van der Waals surface area contributed by atoms with Gasteiger partial charge in [0.05, 0.1) is 10.5 Å². The van der Waals surface area contributed by atoms with Crippen molar-refractivity contribution >= 4 is 20.1 Å². The minimum Gasteiger partial charge on any atom is -0.441 e. The molecule has 1 amide bonds. The molecule has 7 nitrogen and oxygen atoms in total. The Kier molecular flexibility index (Phi) is 7.98. The van der Waals surface area contributed by atoms with E-state index in [-0.39, 0.29) is 5.69 Å². The summed E-state index contributed by atoms with van der Waals surface area (Å²) in [4.78, 5) is 23.2. The van der Waals surface area contributed by atoms with Crippen LogP contribution in [0.15, 0.2) is 12.1 Å². The van der Waals surface area contributed by atoms with Gasteiger partial charge in [-0.1, -0.05) is 27.7 Å². The lowest BCUT2D eigenvalue weighted by atomic mass is 10.0. The van der Waals surface area contributed by atoms with E-state index >= 15 is 0 Å². The molecule has 0 saturated carbocycles. The molecule has 0 heterocycles. The first kappa shape index (κ1) is 23.1. The standard InChI is InChI=1S/C19H32N2O5Si/c1-12(2)27(25-8,13(3)4)11-20-19(22)26-16(7)17-9-14(5)15(6)10-18(17)21(23)24/h9-10,12-13,16H,11H2,1-8H3,(H,20,22). The van der Waals surface area contributed by atoms with Crippen LogP contribution in [0.2, 0.25) is 11.1 Å². The molecule has 1 aromatic rings. The third-order valence-electron chi connectivity index (χ3n) is 5.41. The summed E-state index contributed by atoms with van der Waals surface area (Å²) in [6.07, 6.45) is -0.897. The zero-order valence-corrected chi connectivity index (χ0v) is 18.6. The minimum atomic E-state index is -2.18. The van der Waals surface area contributed by atoms with Crippen molar-refractivity contribution in [2.45, 2.75) is 65.7 Å². The molecule has 152 valence electrons. The molecule has 0 saturated heterocycles. The second-order valence-electron chi connectivity index (χ2n) is 7.62. The fourth-order valence-corrected chi connectivity index (χ4v) is 7.06. The number of nitro groups is 1. The number of nitrogens with one attached hydrogen (secondary N) is 1. The summed E-state index contributed by atoms with van der Waals surface area (Å²) in [5, 5.41) is 14.2. The van der Waals surface area contributed by atoms with Crippen LogP contribution in [-0.4, -0.2) is 32.6 Å². The Hall–Kier alpha value is -1.93. The van der Waals surface area contributed by atoms with E-state index in [4.69, 9.17) is 9.16 Å². The zero-order valence-electron chi connectivity index (χ0n) is 17.6. The fraction of sp³-hybridized carbons (Fsp3) is 0.632. The second-order valence-corrected chi connectivity index (χ2v) is 12.6. The van der Waals surface area contributed by atoms with Gasteiger partial charge >= 0.3 is 6.09 Å². The number of hydrogen-bond acceptors (Lipinski definition) is 5. The number of aryl methyl sites for hydroxylation is 2. The van der Waals surface area contributed by atoms with Crippen molar-refractivity contribution in [1.29, 1.82) is 0 Å². The van der Waals surface area contributed by atoms with Crippen molar-refractivity contribution in [2.24, 2.45) is 0 Å². The Morgan fingerprint density at radius 3 is 2.11 bits per heavy atom. The maximum atomic E-state index is 12.3. The lowest BCUT2D eigenvalue weighted by Crippen LogP contribution is -2.54. The summed E-state index contributed by atoms with van der Waals surface area (Å²) in [5.41, 5.74) is 2.73. The molecule has 0 aliphatic heterocycles. The Bertz CT molecular complexity index is 683. The van der Waals surface area contributed by atoms with Gasteiger partial charge in [0, 0.05) is 19.3 Å². The number of benzene rings is 1. The molecule has 1 rings (SSSR count). The molecule has 0 spiro atoms. The zero-order chi connectivity index (χ0) is 20.9. The van der Waals surface area contributed by atoms with Gasteiger partial charge in [0.15, 0.2) is 0 Å². The highest BCUT2D eigenvalue weighted by Gasteiger charge is 2.41. The van der Waals surface area contributed by atoms with E-state index in [1.165, 1.54) is 6.07 Å². The second kappa shape index (κ2) is 9.32. The lowest BCUT2D eigenvalue weighted by Gasteiger charge is -2.37. The number of nitrogens with zero attached hydrogens (tertiary/aromatic N) is 1. The number of hydrogen-bond donors (Lipinski definition) is 1.